The van der Waals surface area contributed by atoms with E-state index in [0.29, 0.717) is 11.1 Å². The summed E-state index contributed by atoms with van der Waals surface area (Å²) in [5.74, 6) is -1.24. The number of furan rings is 1. The molecule has 0 unspecified atom stereocenters. The van der Waals surface area contributed by atoms with Gasteiger partial charge >= 0.3 is 5.91 Å². The minimum absolute atomic E-state index is 0.0299. The number of hydrazine groups is 1. The summed E-state index contributed by atoms with van der Waals surface area (Å²) in [6, 6.07) is 11.1. The predicted molar refractivity (Wildman–Crippen MR) is 98.5 cm³/mol. The van der Waals surface area contributed by atoms with E-state index in [9.17, 15) is 19.7 Å². The molecule has 9 nitrogen and oxygen atoms in total. The summed E-state index contributed by atoms with van der Waals surface area (Å²) >= 11 is 0. The number of carbonyl (C=O) groups is 2. The standard InChI is InChI=1S/C18H16N4O5/c1-10-12-5-3-4-6-15(12)27-16(10)18(24)21-20-17(23)11-7-8-13(19-2)14(9-11)22(25)26/h3-9,19H,1-2H3,(H,20,23)(H,21,24). The van der Waals surface area contributed by atoms with Gasteiger partial charge in [-0.25, -0.2) is 0 Å². The van der Waals surface area contributed by atoms with Crippen molar-refractivity contribution in [3.63, 3.8) is 0 Å². The smallest absolute Gasteiger partial charge is 0.305 e. The largest absolute Gasteiger partial charge is 0.451 e. The number of anilines is 1. The first kappa shape index (κ1) is 17.9. The number of benzene rings is 2. The van der Waals surface area contributed by atoms with E-state index in [-0.39, 0.29) is 22.7 Å². The van der Waals surface area contributed by atoms with E-state index in [4.69, 9.17) is 4.42 Å². The zero-order chi connectivity index (χ0) is 19.6. The van der Waals surface area contributed by atoms with Gasteiger partial charge in [-0.05, 0) is 25.1 Å². The normalized spacial score (nSPS) is 10.4. The first-order chi connectivity index (χ1) is 12.9. The van der Waals surface area contributed by atoms with Gasteiger partial charge in [0.05, 0.1) is 4.92 Å². The number of nitrogens with one attached hydrogen (secondary N) is 3. The lowest BCUT2D eigenvalue weighted by atomic mass is 10.1. The van der Waals surface area contributed by atoms with Crippen molar-refractivity contribution in [3.8, 4) is 0 Å². The highest BCUT2D eigenvalue weighted by Crippen LogP contribution is 2.26. The average Bonchev–Trinajstić information content (AvgIpc) is 3.02. The molecule has 0 atom stereocenters. The molecule has 0 spiro atoms. The van der Waals surface area contributed by atoms with Gasteiger partial charge in [0.2, 0.25) is 0 Å². The highest BCUT2D eigenvalue weighted by atomic mass is 16.6. The van der Waals surface area contributed by atoms with Crippen LogP contribution in [-0.2, 0) is 0 Å². The number of amides is 2. The van der Waals surface area contributed by atoms with Gasteiger partial charge in [-0.15, -0.1) is 0 Å². The van der Waals surface area contributed by atoms with Gasteiger partial charge in [0.1, 0.15) is 11.3 Å². The molecule has 3 N–H and O–H groups in total. The van der Waals surface area contributed by atoms with Crippen LogP contribution in [0.5, 0.6) is 0 Å². The first-order valence-electron chi connectivity index (χ1n) is 7.97. The molecule has 0 aliphatic rings. The van der Waals surface area contributed by atoms with Crippen LogP contribution in [-0.4, -0.2) is 23.8 Å². The summed E-state index contributed by atoms with van der Waals surface area (Å²) in [6.45, 7) is 1.74. The van der Waals surface area contributed by atoms with Gasteiger partial charge in [0.25, 0.3) is 11.6 Å². The Morgan fingerprint density at radius 2 is 1.78 bits per heavy atom. The second-order valence-corrected chi connectivity index (χ2v) is 5.70. The fourth-order valence-corrected chi connectivity index (χ4v) is 2.67. The maximum Gasteiger partial charge on any atom is 0.305 e. The molecule has 9 heteroatoms. The van der Waals surface area contributed by atoms with Crippen molar-refractivity contribution >= 4 is 34.2 Å². The van der Waals surface area contributed by atoms with Crippen molar-refractivity contribution in [3.05, 3.63) is 69.5 Å². The average molecular weight is 368 g/mol. The van der Waals surface area contributed by atoms with Crippen molar-refractivity contribution < 1.29 is 18.9 Å². The van der Waals surface area contributed by atoms with E-state index in [0.717, 1.165) is 11.5 Å². The molecule has 0 saturated carbocycles. The summed E-state index contributed by atoms with van der Waals surface area (Å²) in [4.78, 5) is 35.0. The number of hydrogen-bond donors (Lipinski definition) is 3. The molecule has 0 aliphatic carbocycles. The number of nitrogens with zero attached hydrogens (tertiary/aromatic N) is 1. The minimum atomic E-state index is -0.692. The predicted octanol–water partition coefficient (Wildman–Crippen LogP) is 2.77. The number of para-hydroxylation sites is 1. The number of rotatable bonds is 4. The monoisotopic (exact) mass is 368 g/mol. The van der Waals surface area contributed by atoms with Gasteiger partial charge in [-0.1, -0.05) is 18.2 Å². The second kappa shape index (κ2) is 7.16. The Morgan fingerprint density at radius 1 is 1.07 bits per heavy atom. The Balaban J connectivity index is 1.75. The van der Waals surface area contributed by atoms with Crippen LogP contribution in [0, 0.1) is 17.0 Å². The zero-order valence-corrected chi connectivity index (χ0v) is 14.5. The van der Waals surface area contributed by atoms with Crippen LogP contribution in [0.15, 0.2) is 46.9 Å². The molecule has 2 amide bonds. The molecule has 1 aromatic heterocycles. The third kappa shape index (κ3) is 3.43. The Hall–Kier alpha value is -3.88. The molecule has 27 heavy (non-hydrogen) atoms. The molecule has 0 fully saturated rings. The summed E-state index contributed by atoms with van der Waals surface area (Å²) in [7, 11) is 1.54. The summed E-state index contributed by atoms with van der Waals surface area (Å²) in [5.41, 5.74) is 5.75. The van der Waals surface area contributed by atoms with Gasteiger partial charge in [0.15, 0.2) is 5.76 Å². The van der Waals surface area contributed by atoms with E-state index in [2.05, 4.69) is 16.2 Å². The van der Waals surface area contributed by atoms with Crippen molar-refractivity contribution in [2.75, 3.05) is 12.4 Å². The molecule has 0 bridgehead atoms. The van der Waals surface area contributed by atoms with E-state index in [1.54, 1.807) is 19.1 Å². The van der Waals surface area contributed by atoms with Crippen LogP contribution in [0.1, 0.15) is 26.5 Å². The van der Waals surface area contributed by atoms with Crippen LogP contribution in [0.4, 0.5) is 11.4 Å². The van der Waals surface area contributed by atoms with E-state index >= 15 is 0 Å². The number of carbonyl (C=O) groups excluding carboxylic acids is 2. The minimum Gasteiger partial charge on any atom is -0.451 e. The van der Waals surface area contributed by atoms with Crippen molar-refractivity contribution in [1.82, 2.24) is 10.9 Å². The number of nitro groups is 1. The first-order valence-corrected chi connectivity index (χ1v) is 7.97. The van der Waals surface area contributed by atoms with Crippen LogP contribution in [0.25, 0.3) is 11.0 Å². The summed E-state index contributed by atoms with van der Waals surface area (Å²) in [6.07, 6.45) is 0. The van der Waals surface area contributed by atoms with Crippen LogP contribution in [0.3, 0.4) is 0 Å². The second-order valence-electron chi connectivity index (χ2n) is 5.70. The van der Waals surface area contributed by atoms with Crippen molar-refractivity contribution in [2.45, 2.75) is 6.92 Å². The number of nitro benzene ring substituents is 1. The van der Waals surface area contributed by atoms with E-state index in [1.165, 1.54) is 19.2 Å². The lowest BCUT2D eigenvalue weighted by Crippen LogP contribution is -2.41. The van der Waals surface area contributed by atoms with Gasteiger partial charge in [-0.3, -0.25) is 30.6 Å². The Morgan fingerprint density at radius 3 is 2.44 bits per heavy atom. The molecule has 0 saturated heterocycles. The van der Waals surface area contributed by atoms with Gasteiger partial charge in [-0.2, -0.15) is 0 Å². The lowest BCUT2D eigenvalue weighted by molar-refractivity contribution is -0.384. The van der Waals surface area contributed by atoms with Crippen molar-refractivity contribution in [2.24, 2.45) is 0 Å². The zero-order valence-electron chi connectivity index (χ0n) is 14.5. The SMILES string of the molecule is CNc1ccc(C(=O)NNC(=O)c2oc3ccccc3c2C)cc1[N+](=O)[O-]. The highest BCUT2D eigenvalue weighted by molar-refractivity contribution is 6.01. The van der Waals surface area contributed by atoms with Crippen LogP contribution in [0.2, 0.25) is 0 Å². The maximum atomic E-state index is 12.3. The highest BCUT2D eigenvalue weighted by Gasteiger charge is 2.20. The lowest BCUT2D eigenvalue weighted by Gasteiger charge is -2.08. The van der Waals surface area contributed by atoms with E-state index in [1.807, 2.05) is 12.1 Å². The molecule has 0 aliphatic heterocycles. The molecule has 1 heterocycles. The third-order valence-electron chi connectivity index (χ3n) is 4.07. The van der Waals surface area contributed by atoms with E-state index < -0.39 is 16.7 Å². The topological polar surface area (TPSA) is 127 Å². The summed E-state index contributed by atoms with van der Waals surface area (Å²) < 4.78 is 5.52. The van der Waals surface area contributed by atoms with Crippen LogP contribution < -0.4 is 16.2 Å². The molecular formula is C18H16N4O5. The Kier molecular flexibility index (Phi) is 4.75. The van der Waals surface area contributed by atoms with Crippen LogP contribution >= 0.6 is 0 Å². The quantitative estimate of drug-likeness (QED) is 0.480. The van der Waals surface area contributed by atoms with Gasteiger partial charge in [0, 0.05) is 29.6 Å². The number of aryl methyl sites for hydroxylation is 1. The fraction of sp³-hybridized carbons (Fsp3) is 0.111. The fourth-order valence-electron chi connectivity index (χ4n) is 2.67. The van der Waals surface area contributed by atoms with Crippen molar-refractivity contribution in [1.29, 1.82) is 0 Å². The van der Waals surface area contributed by atoms with Gasteiger partial charge < -0.3 is 9.73 Å². The maximum absolute atomic E-state index is 12.3. The molecule has 3 rings (SSSR count). The molecule has 3 aromatic rings. The molecule has 2 aromatic carbocycles. The summed E-state index contributed by atoms with van der Waals surface area (Å²) in [5, 5.41) is 14.6. The Bertz CT molecular complexity index is 1060. The number of fused-ring (bicyclic) bond motifs is 1. The number of hydrogen-bond acceptors (Lipinski definition) is 6. The molecular weight excluding hydrogens is 352 g/mol. The molecule has 0 radical (unpaired) electrons. The molecule has 138 valence electrons. The Labute approximate surface area is 153 Å². The third-order valence-corrected chi connectivity index (χ3v) is 4.07.